The van der Waals surface area contributed by atoms with Crippen LogP contribution in [-0.4, -0.2) is 206 Å². The summed E-state index contributed by atoms with van der Waals surface area (Å²) in [6.07, 6.45) is 11.0. The molecule has 40 heteroatoms. The van der Waals surface area contributed by atoms with E-state index in [2.05, 4.69) is 191 Å². The van der Waals surface area contributed by atoms with Crippen LogP contribution in [0.25, 0.3) is 0 Å². The highest BCUT2D eigenvalue weighted by Gasteiger charge is 2.37. The highest BCUT2D eigenvalue weighted by Crippen LogP contribution is 2.34. The lowest BCUT2D eigenvalue weighted by Gasteiger charge is -2.32. The fraction of sp³-hybridized carbons (Fsp3) is 0.718. The number of hydrogen-bond acceptors (Lipinski definition) is 22. The number of rotatable bonds is 55. The first-order chi connectivity index (χ1) is 58.2. The molecular formula is C85H165F2N15O15Si8. The lowest BCUT2D eigenvalue weighted by molar-refractivity contribution is -0.491. The molecule has 4 N–H and O–H groups in total. The number of nitrogens with zero attached hydrogens (tertiary/aromatic N) is 13. The number of H-pyrrole nitrogens is 1. The average Bonchev–Trinajstić information content (AvgIpc) is 1.71. The number of nitrogens with one attached hydrogen (secondary N) is 1. The van der Waals surface area contributed by atoms with Gasteiger partial charge in [-0.25, -0.2) is 37.3 Å². The minimum absolute atomic E-state index is 0. The van der Waals surface area contributed by atoms with E-state index in [-0.39, 0.29) is 31.1 Å². The summed E-state index contributed by atoms with van der Waals surface area (Å²) in [5.41, 5.74) is 9.43. The highest BCUT2D eigenvalue weighted by molar-refractivity contribution is 6.78. The van der Waals surface area contributed by atoms with Gasteiger partial charge in [0.1, 0.15) is 51.4 Å². The van der Waals surface area contributed by atoms with E-state index in [4.69, 9.17) is 57.3 Å². The van der Waals surface area contributed by atoms with Gasteiger partial charge in [0.15, 0.2) is 37.2 Å². The molecule has 30 nitrogen and oxygen atoms in total. The zero-order valence-electron chi connectivity index (χ0n) is 80.5. The van der Waals surface area contributed by atoms with Crippen LogP contribution in [-0.2, 0) is 77.0 Å². The topological polar surface area (TPSA) is 343 Å². The summed E-state index contributed by atoms with van der Waals surface area (Å²) >= 11 is 0. The van der Waals surface area contributed by atoms with E-state index < -0.39 is 101 Å². The Bertz CT molecular complexity index is 3910. The molecule has 7 aromatic rings. The Hall–Kier alpha value is -5.92. The van der Waals surface area contributed by atoms with E-state index in [9.17, 15) is 34.1 Å². The summed E-state index contributed by atoms with van der Waals surface area (Å²) in [5.74, 6) is 0.267. The predicted octanol–water partition coefficient (Wildman–Crippen LogP) is 21.1. The van der Waals surface area contributed by atoms with Crippen LogP contribution in [0, 0.1) is 31.9 Å². The third-order valence-electron chi connectivity index (χ3n) is 21.3. The maximum Gasteiger partial charge on any atom is 0.235 e. The SMILES string of the molecule is C.CC[Si](CC)(CC)OC(CCCc1cc(F)cc(F)c1)c1ccn(COCC[Si](C)(C)C)n1.CC[Si](CC)(CC)OC(CN)c1ccn(COCC[Si](C)(C)C)n1.CC[Si](CC)(CC)OC(C[N+](=O)[O-])c1ccn(COCC[Si](C)(C)C)n1.COc1ccn(COCC[Si](C)(C)C)n1.COc1ccn[nH]1.C[Si](C)(C)CCOCn1ccc(C(O)C[N+](=O)[O-])n1. The van der Waals surface area contributed by atoms with Crippen molar-refractivity contribution in [2.75, 3.05) is 66.9 Å². The van der Waals surface area contributed by atoms with Crippen molar-refractivity contribution in [3.8, 4) is 11.8 Å². The number of methoxy groups -OCH3 is 2. The van der Waals surface area contributed by atoms with Crippen LogP contribution >= 0.6 is 0 Å². The summed E-state index contributed by atoms with van der Waals surface area (Å²) in [4.78, 5) is 20.5. The maximum absolute atomic E-state index is 13.6. The van der Waals surface area contributed by atoms with Crippen molar-refractivity contribution in [3.63, 3.8) is 0 Å². The number of halogens is 2. The van der Waals surface area contributed by atoms with Crippen molar-refractivity contribution in [1.29, 1.82) is 0 Å². The molecule has 0 radical (unpaired) electrons. The van der Waals surface area contributed by atoms with E-state index in [0.29, 0.717) is 81.9 Å². The summed E-state index contributed by atoms with van der Waals surface area (Å²) in [5, 5.41) is 59.3. The van der Waals surface area contributed by atoms with Gasteiger partial charge in [-0.2, -0.15) is 25.5 Å². The van der Waals surface area contributed by atoms with Gasteiger partial charge < -0.3 is 57.3 Å². The molecule has 0 aliphatic heterocycles. The van der Waals surface area contributed by atoms with E-state index >= 15 is 0 Å². The molecule has 0 aliphatic rings. The second-order valence-electron chi connectivity index (χ2n) is 37.4. The molecule has 125 heavy (non-hydrogen) atoms. The molecule has 0 spiro atoms. The number of nitrogens with two attached hydrogens (primary N) is 1. The molecule has 0 fully saturated rings. The summed E-state index contributed by atoms with van der Waals surface area (Å²) in [6, 6.07) is 29.8. The van der Waals surface area contributed by atoms with Crippen LogP contribution in [0.1, 0.15) is 135 Å². The number of aryl methyl sites for hydroxylation is 1. The molecule has 0 bridgehead atoms. The molecule has 716 valence electrons. The van der Waals surface area contributed by atoms with Gasteiger partial charge in [0.25, 0.3) is 0 Å². The van der Waals surface area contributed by atoms with Gasteiger partial charge in [-0.1, -0.05) is 168 Å². The molecular weight excluding hydrogens is 1730 g/mol. The van der Waals surface area contributed by atoms with Gasteiger partial charge in [0, 0.05) is 139 Å². The number of aromatic amines is 1. The van der Waals surface area contributed by atoms with E-state index in [1.54, 1.807) is 48.1 Å². The molecule has 7 rings (SSSR count). The lowest BCUT2D eigenvalue weighted by atomic mass is 10.0. The molecule has 0 saturated carbocycles. The van der Waals surface area contributed by atoms with Gasteiger partial charge in [0.05, 0.1) is 49.3 Å². The molecule has 0 saturated heterocycles. The highest BCUT2D eigenvalue weighted by atomic mass is 28.4. The molecule has 4 atom stereocenters. The van der Waals surface area contributed by atoms with E-state index in [1.807, 2.05) is 58.4 Å². The van der Waals surface area contributed by atoms with Crippen molar-refractivity contribution in [2.24, 2.45) is 5.73 Å². The van der Waals surface area contributed by atoms with Gasteiger partial charge >= 0.3 is 0 Å². The van der Waals surface area contributed by atoms with Crippen molar-refractivity contribution in [2.45, 2.75) is 330 Å². The number of ether oxygens (including phenoxy) is 7. The van der Waals surface area contributed by atoms with Crippen LogP contribution in [0.15, 0.2) is 91.8 Å². The van der Waals surface area contributed by atoms with Crippen LogP contribution in [0.2, 0.25) is 183 Å². The molecule has 0 aliphatic carbocycles. The van der Waals surface area contributed by atoms with Crippen LogP contribution in [0.5, 0.6) is 11.8 Å². The predicted molar refractivity (Wildman–Crippen MR) is 520 cm³/mol. The minimum Gasteiger partial charge on any atom is -0.481 e. The lowest BCUT2D eigenvalue weighted by Crippen LogP contribution is -2.39. The maximum atomic E-state index is 13.6. The van der Waals surface area contributed by atoms with Crippen LogP contribution in [0.3, 0.4) is 0 Å². The molecule has 4 unspecified atom stereocenters. The Labute approximate surface area is 756 Å². The number of aromatic nitrogens is 12. The van der Waals surface area contributed by atoms with Crippen molar-refractivity contribution in [3.05, 3.63) is 152 Å². The Morgan fingerprint density at radius 3 is 1.05 bits per heavy atom. The van der Waals surface area contributed by atoms with Gasteiger partial charge in [-0.3, -0.25) is 20.2 Å². The first-order valence-corrected chi connectivity index (χ1v) is 70.6. The number of nitro groups is 2. The second-order valence-corrected chi connectivity index (χ2v) is 79.7. The molecule has 6 aromatic heterocycles. The van der Waals surface area contributed by atoms with Gasteiger partial charge in [-0.05, 0) is 146 Å². The fourth-order valence-electron chi connectivity index (χ4n) is 12.3. The number of aliphatic hydroxyl groups excluding tert-OH is 1. The second kappa shape index (κ2) is 60.1. The fourth-order valence-corrected chi connectivity index (χ4v) is 24.5. The van der Waals surface area contributed by atoms with E-state index in [1.165, 1.54) is 28.9 Å². The van der Waals surface area contributed by atoms with Gasteiger partial charge in [0.2, 0.25) is 24.8 Å². The Kier molecular flexibility index (Phi) is 56.3. The van der Waals surface area contributed by atoms with Crippen LogP contribution < -0.4 is 15.2 Å². The van der Waals surface area contributed by atoms with Crippen molar-refractivity contribution < 1.29 is 70.2 Å². The summed E-state index contributed by atoms with van der Waals surface area (Å²) in [7, 11) is -7.62. The Morgan fingerprint density at radius 2 is 0.752 bits per heavy atom. The third kappa shape index (κ3) is 51.3. The van der Waals surface area contributed by atoms with E-state index in [0.717, 1.165) is 129 Å². The third-order valence-corrected chi connectivity index (χ3v) is 43.7. The Morgan fingerprint density at radius 1 is 0.440 bits per heavy atom. The normalized spacial score (nSPS) is 13.1. The minimum atomic E-state index is -1.95. The number of aliphatic hydroxyl groups is 1. The molecule has 0 amide bonds. The quantitative estimate of drug-likeness (QED) is 0.0138. The average molecular weight is 1900 g/mol. The smallest absolute Gasteiger partial charge is 0.235 e. The van der Waals surface area contributed by atoms with Crippen molar-refractivity contribution in [1.82, 2.24) is 59.1 Å². The monoisotopic (exact) mass is 1900 g/mol. The first kappa shape index (κ1) is 117. The first-order valence-electron chi connectivity index (χ1n) is 44.5. The largest absolute Gasteiger partial charge is 0.481 e. The van der Waals surface area contributed by atoms with Gasteiger partial charge in [-0.15, -0.1) is 5.10 Å². The summed E-state index contributed by atoms with van der Waals surface area (Å²) < 4.78 is 93.5. The van der Waals surface area contributed by atoms with Crippen molar-refractivity contribution >= 4 is 65.3 Å². The number of benzene rings is 1. The Balaban J connectivity index is 0.000000778. The molecule has 6 heterocycles. The summed E-state index contributed by atoms with van der Waals surface area (Å²) in [6.45, 7) is 60.2. The molecule has 1 aromatic carbocycles. The number of hydrogen-bond donors (Lipinski definition) is 3. The standard InChI is InChI=1S/C25H42F2N2O2Si2.C17H35N3O4Si2.C17H37N3O2Si2.C11H21N3O4Si.C10H20N2O2Si.C4H6N2O.CH4/c1-7-33(8-2,9-3)31-25(12-10-11-21-17-22(26)19-23(27)18-21)24-13-14-29(28-24)20-30-15-16-32(4,5)6;1-7-26(8-2,9-3)24-17(14-20(21)22)16-10-11-19(18-16)15-23-12-13-25(4,5)6;1-7-24(8-2,9-3)22-17(14-18)16-10-11-20(19-16)15-21-12-13-23(4,5)6;1-19(2,3)7-6-18-9-13-5-4-10(12-13)11(15)8-14(16)17;1-13-10-5-6-12(11-10)9-14-7-8-15(2,3)4;1-7-4-2-3-5-6-4;/h13-14,17-19,25H,7-12,15-16,20H2,1-6H3;10-11,17H,7-9,12-15H2,1-6H3;10-11,17H,7-9,12-15,18H2,1-6H3;4-5,11,15H,6-9H2,1-3H3;5-6H,7-9H2,1-4H3;2-3H,1H3,(H,5,6);1H4. The zero-order valence-corrected chi connectivity index (χ0v) is 88.5. The zero-order chi connectivity index (χ0) is 93.4. The van der Waals surface area contributed by atoms with Crippen LogP contribution in [0.4, 0.5) is 8.78 Å².